The monoisotopic (exact) mass is 305 g/mol. The van der Waals surface area contributed by atoms with Crippen LogP contribution in [0.15, 0.2) is 5.38 Å². The summed E-state index contributed by atoms with van der Waals surface area (Å²) in [6.07, 6.45) is 0. The molecule has 0 saturated carbocycles. The lowest BCUT2D eigenvalue weighted by Crippen LogP contribution is -2.37. The lowest BCUT2D eigenvalue weighted by atomic mass is 10.3. The minimum absolute atomic E-state index is 0.0134. The van der Waals surface area contributed by atoms with E-state index in [1.165, 1.54) is 0 Å². The highest BCUT2D eigenvalue weighted by Gasteiger charge is 2.17. The summed E-state index contributed by atoms with van der Waals surface area (Å²) in [7, 11) is 3.51. The number of carbonyl (C=O) groups is 1. The summed E-state index contributed by atoms with van der Waals surface area (Å²) in [4.78, 5) is 18.1. The number of rotatable bonds is 8. The maximum atomic E-state index is 11.7. The van der Waals surface area contributed by atoms with E-state index in [4.69, 9.17) is 16.3 Å². The number of carbonyl (C=O) groups excluding carboxylic acids is 1. The van der Waals surface area contributed by atoms with Crippen LogP contribution in [-0.4, -0.2) is 49.6 Å². The summed E-state index contributed by atoms with van der Waals surface area (Å²) in [5.41, 5.74) is 0.881. The Morgan fingerprint density at radius 1 is 1.68 bits per heavy atom. The molecule has 1 aromatic rings. The van der Waals surface area contributed by atoms with E-state index >= 15 is 0 Å². The molecule has 1 unspecified atom stereocenters. The molecule has 0 spiro atoms. The van der Waals surface area contributed by atoms with E-state index in [9.17, 15) is 4.79 Å². The number of aromatic nitrogens is 1. The van der Waals surface area contributed by atoms with Crippen LogP contribution in [0.25, 0.3) is 0 Å². The first kappa shape index (κ1) is 16.4. The van der Waals surface area contributed by atoms with Crippen molar-refractivity contribution in [1.82, 2.24) is 15.2 Å². The third-order valence-corrected chi connectivity index (χ3v) is 4.08. The number of methoxy groups -OCH3 is 1. The van der Waals surface area contributed by atoms with Crippen LogP contribution in [0.2, 0.25) is 0 Å². The summed E-state index contributed by atoms with van der Waals surface area (Å²) in [5, 5.41) is 5.72. The lowest BCUT2D eigenvalue weighted by Gasteiger charge is -2.22. The smallest absolute Gasteiger partial charge is 0.234 e. The van der Waals surface area contributed by atoms with Gasteiger partial charge < -0.3 is 10.1 Å². The van der Waals surface area contributed by atoms with Crippen LogP contribution in [0.1, 0.15) is 23.7 Å². The van der Waals surface area contributed by atoms with Crippen molar-refractivity contribution in [3.05, 3.63) is 16.1 Å². The molecule has 0 aliphatic carbocycles. The van der Waals surface area contributed by atoms with E-state index in [1.807, 2.05) is 24.3 Å². The van der Waals surface area contributed by atoms with Crippen LogP contribution >= 0.6 is 22.9 Å². The number of thiazole rings is 1. The molecule has 1 heterocycles. The van der Waals surface area contributed by atoms with Gasteiger partial charge in [-0.2, -0.15) is 0 Å². The number of ether oxygens (including phenoxy) is 1. The van der Waals surface area contributed by atoms with Crippen LogP contribution in [0.3, 0.4) is 0 Å². The van der Waals surface area contributed by atoms with E-state index in [1.54, 1.807) is 18.4 Å². The molecule has 0 aromatic carbocycles. The second kappa shape index (κ2) is 8.47. The molecule has 1 aromatic heterocycles. The Balaban J connectivity index is 2.43. The minimum Gasteiger partial charge on any atom is -0.383 e. The highest BCUT2D eigenvalue weighted by atomic mass is 35.5. The number of alkyl halides is 1. The molecule has 0 aliphatic rings. The van der Waals surface area contributed by atoms with Crippen molar-refractivity contribution >= 4 is 28.8 Å². The quantitative estimate of drug-likeness (QED) is 0.586. The van der Waals surface area contributed by atoms with Crippen LogP contribution in [0.5, 0.6) is 0 Å². The zero-order valence-electron chi connectivity index (χ0n) is 11.5. The van der Waals surface area contributed by atoms with E-state index in [0.717, 1.165) is 10.7 Å². The predicted molar refractivity (Wildman–Crippen MR) is 77.6 cm³/mol. The van der Waals surface area contributed by atoms with Crippen molar-refractivity contribution in [3.8, 4) is 0 Å². The zero-order chi connectivity index (χ0) is 14.3. The average Bonchev–Trinajstić information content (AvgIpc) is 2.86. The number of nitrogens with one attached hydrogen (secondary N) is 1. The predicted octanol–water partition coefficient (Wildman–Crippen LogP) is 1.64. The normalized spacial score (nSPS) is 12.7. The fourth-order valence-electron chi connectivity index (χ4n) is 1.48. The molecule has 0 saturated heterocycles. The third kappa shape index (κ3) is 5.44. The summed E-state index contributed by atoms with van der Waals surface area (Å²) in [6.45, 7) is 3.42. The summed E-state index contributed by atoms with van der Waals surface area (Å²) in [5.74, 6) is 0.408. The number of likely N-dealkylation sites (N-methyl/N-ethyl adjacent to an activating group) is 1. The highest BCUT2D eigenvalue weighted by Crippen LogP contribution is 2.22. The molecule has 0 bridgehead atoms. The second-order valence-electron chi connectivity index (χ2n) is 4.24. The van der Waals surface area contributed by atoms with Gasteiger partial charge in [-0.15, -0.1) is 22.9 Å². The van der Waals surface area contributed by atoms with Gasteiger partial charge in [-0.05, 0) is 14.0 Å². The number of hydrogen-bond acceptors (Lipinski definition) is 5. The van der Waals surface area contributed by atoms with Gasteiger partial charge in [0.25, 0.3) is 0 Å². The van der Waals surface area contributed by atoms with E-state index < -0.39 is 0 Å². The third-order valence-electron chi connectivity index (χ3n) is 2.75. The molecule has 19 heavy (non-hydrogen) atoms. The maximum absolute atomic E-state index is 11.7. The summed E-state index contributed by atoms with van der Waals surface area (Å²) < 4.78 is 4.88. The van der Waals surface area contributed by atoms with Crippen LogP contribution in [0.4, 0.5) is 0 Å². The van der Waals surface area contributed by atoms with Gasteiger partial charge in [-0.1, -0.05) is 0 Å². The zero-order valence-corrected chi connectivity index (χ0v) is 13.1. The molecule has 108 valence electrons. The van der Waals surface area contributed by atoms with Crippen molar-refractivity contribution in [2.45, 2.75) is 18.8 Å². The minimum atomic E-state index is -0.0134. The average molecular weight is 306 g/mol. The van der Waals surface area contributed by atoms with Crippen molar-refractivity contribution < 1.29 is 9.53 Å². The largest absolute Gasteiger partial charge is 0.383 e. The Hall–Kier alpha value is -0.690. The van der Waals surface area contributed by atoms with Crippen molar-refractivity contribution in [1.29, 1.82) is 0 Å². The molecule has 0 radical (unpaired) electrons. The van der Waals surface area contributed by atoms with Crippen molar-refractivity contribution in [2.75, 3.05) is 33.9 Å². The molecule has 1 rings (SSSR count). The van der Waals surface area contributed by atoms with Crippen molar-refractivity contribution in [3.63, 3.8) is 0 Å². The SMILES string of the molecule is COCCNC(=O)CN(C)C(C)c1nc(CCl)cs1. The molecule has 1 atom stereocenters. The van der Waals surface area contributed by atoms with E-state index in [0.29, 0.717) is 25.6 Å². The molecule has 1 N–H and O–H groups in total. The Kier molecular flexibility index (Phi) is 7.30. The molecule has 0 aliphatic heterocycles. The lowest BCUT2D eigenvalue weighted by molar-refractivity contribution is -0.122. The van der Waals surface area contributed by atoms with E-state index in [-0.39, 0.29) is 11.9 Å². The summed E-state index contributed by atoms with van der Waals surface area (Å²) >= 11 is 7.30. The van der Waals surface area contributed by atoms with Crippen molar-refractivity contribution in [2.24, 2.45) is 0 Å². The van der Waals surface area contributed by atoms with E-state index in [2.05, 4.69) is 10.3 Å². The Bertz CT molecular complexity index is 400. The van der Waals surface area contributed by atoms with Crippen LogP contribution in [0, 0.1) is 0 Å². The summed E-state index contributed by atoms with van der Waals surface area (Å²) in [6, 6.07) is 0.0927. The van der Waals surface area contributed by atoms with Crippen LogP contribution in [-0.2, 0) is 15.4 Å². The number of nitrogens with zero attached hydrogens (tertiary/aromatic N) is 2. The fourth-order valence-corrected chi connectivity index (χ4v) is 2.64. The number of amides is 1. The van der Waals surface area contributed by atoms with Gasteiger partial charge in [0.2, 0.25) is 5.91 Å². The van der Waals surface area contributed by atoms with Crippen LogP contribution < -0.4 is 5.32 Å². The van der Waals surface area contributed by atoms with Gasteiger partial charge in [-0.25, -0.2) is 4.98 Å². The van der Waals surface area contributed by atoms with Gasteiger partial charge in [0.1, 0.15) is 5.01 Å². The molecular weight excluding hydrogens is 286 g/mol. The molecule has 7 heteroatoms. The Labute approximate surface area is 122 Å². The van der Waals surface area contributed by atoms with Gasteiger partial charge >= 0.3 is 0 Å². The molecule has 1 amide bonds. The topological polar surface area (TPSA) is 54.5 Å². The fraction of sp³-hybridized carbons (Fsp3) is 0.667. The first-order valence-corrected chi connectivity index (χ1v) is 7.46. The number of hydrogen-bond donors (Lipinski definition) is 1. The van der Waals surface area contributed by atoms with Gasteiger partial charge in [0.15, 0.2) is 0 Å². The first-order chi connectivity index (χ1) is 9.08. The Morgan fingerprint density at radius 3 is 3.00 bits per heavy atom. The van der Waals surface area contributed by atoms with Gasteiger partial charge in [-0.3, -0.25) is 9.69 Å². The Morgan fingerprint density at radius 2 is 2.42 bits per heavy atom. The number of halogens is 1. The van der Waals surface area contributed by atoms with Gasteiger partial charge in [0.05, 0.1) is 30.8 Å². The highest BCUT2D eigenvalue weighted by molar-refractivity contribution is 7.09. The first-order valence-electron chi connectivity index (χ1n) is 6.04. The van der Waals surface area contributed by atoms with Gasteiger partial charge in [0, 0.05) is 19.0 Å². The second-order valence-corrected chi connectivity index (χ2v) is 5.40. The maximum Gasteiger partial charge on any atom is 0.234 e. The standard InChI is InChI=1S/C12H20ClN3O2S/c1-9(12-15-10(6-13)8-19-12)16(2)7-11(17)14-4-5-18-3/h8-9H,4-7H2,1-3H3,(H,14,17). The molecule has 5 nitrogen and oxygen atoms in total. The molecule has 0 fully saturated rings. The molecular formula is C12H20ClN3O2S.